The first-order chi connectivity index (χ1) is 14.7. The van der Waals surface area contributed by atoms with Crippen molar-refractivity contribution in [2.75, 3.05) is 31.6 Å². The molecule has 1 saturated carbocycles. The lowest BCUT2D eigenvalue weighted by atomic mass is 9.88. The Balaban J connectivity index is 1.76. The molecule has 1 aliphatic heterocycles. The van der Waals surface area contributed by atoms with E-state index in [1.165, 1.54) is 0 Å². The summed E-state index contributed by atoms with van der Waals surface area (Å²) >= 11 is 0. The normalized spacial score (nSPS) is 22.1. The zero-order valence-electron chi connectivity index (χ0n) is 19.2. The third-order valence-electron chi connectivity index (χ3n) is 6.08. The number of nitrogens with two attached hydrogens (primary N) is 1. The second kappa shape index (κ2) is 10.5. The molecule has 0 spiro atoms. The van der Waals surface area contributed by atoms with Crippen molar-refractivity contribution in [1.29, 1.82) is 0 Å². The number of carbonyl (C=O) groups excluding carboxylic acids is 2. The molecule has 0 unspecified atom stereocenters. The monoisotopic (exact) mass is 430 g/mol. The van der Waals surface area contributed by atoms with Gasteiger partial charge in [-0.3, -0.25) is 4.79 Å². The smallest absolute Gasteiger partial charge is 0.322 e. The van der Waals surface area contributed by atoms with Gasteiger partial charge in [-0.15, -0.1) is 0 Å². The fourth-order valence-corrected chi connectivity index (χ4v) is 4.31. The van der Waals surface area contributed by atoms with Crippen molar-refractivity contribution in [3.05, 3.63) is 29.8 Å². The van der Waals surface area contributed by atoms with Gasteiger partial charge in [0.1, 0.15) is 0 Å². The van der Waals surface area contributed by atoms with Crippen LogP contribution in [0.15, 0.2) is 24.3 Å². The highest BCUT2D eigenvalue weighted by Crippen LogP contribution is 2.29. The number of morpholine rings is 1. The summed E-state index contributed by atoms with van der Waals surface area (Å²) < 4.78 is 5.34. The number of urea groups is 1. The summed E-state index contributed by atoms with van der Waals surface area (Å²) in [6.07, 6.45) is 4.25. The topological polar surface area (TPSA) is 87.9 Å². The van der Waals surface area contributed by atoms with Crippen LogP contribution in [-0.2, 0) is 16.1 Å². The van der Waals surface area contributed by atoms with Crippen molar-refractivity contribution in [1.82, 2.24) is 9.80 Å². The van der Waals surface area contributed by atoms with Gasteiger partial charge in [0.15, 0.2) is 0 Å². The number of benzene rings is 1. The minimum atomic E-state index is -0.119. The molecule has 0 atom stereocenters. The molecule has 3 amide bonds. The van der Waals surface area contributed by atoms with E-state index in [9.17, 15) is 9.59 Å². The van der Waals surface area contributed by atoms with Crippen LogP contribution >= 0.6 is 0 Å². The fraction of sp³-hybridized carbons (Fsp3) is 0.667. The minimum absolute atomic E-state index is 0.0789. The third-order valence-corrected chi connectivity index (χ3v) is 6.08. The van der Waals surface area contributed by atoms with Crippen molar-refractivity contribution in [2.45, 2.75) is 71.5 Å². The number of rotatable bonds is 5. The maximum absolute atomic E-state index is 13.3. The first-order valence-corrected chi connectivity index (χ1v) is 11.5. The van der Waals surface area contributed by atoms with Crippen LogP contribution in [-0.4, -0.2) is 60.1 Å². The van der Waals surface area contributed by atoms with E-state index in [-0.39, 0.29) is 29.4 Å². The van der Waals surface area contributed by atoms with E-state index in [1.807, 2.05) is 29.2 Å². The number of para-hydroxylation sites is 1. The van der Waals surface area contributed by atoms with Gasteiger partial charge in [0.25, 0.3) is 0 Å². The van der Waals surface area contributed by atoms with Crippen LogP contribution in [0.3, 0.4) is 0 Å². The second-order valence-corrected chi connectivity index (χ2v) is 10.0. The minimum Gasteiger partial charge on any atom is -0.378 e. The number of nitrogens with one attached hydrogen (secondary N) is 1. The molecule has 1 aromatic rings. The summed E-state index contributed by atoms with van der Waals surface area (Å²) in [5, 5.41) is 3.06. The van der Waals surface area contributed by atoms with E-state index in [2.05, 4.69) is 26.1 Å². The largest absolute Gasteiger partial charge is 0.378 e. The van der Waals surface area contributed by atoms with Crippen LogP contribution < -0.4 is 11.1 Å². The Morgan fingerprint density at radius 3 is 2.42 bits per heavy atom. The molecule has 0 aromatic heterocycles. The van der Waals surface area contributed by atoms with E-state index < -0.39 is 0 Å². The Bertz CT molecular complexity index is 747. The number of ether oxygens (including phenoxy) is 1. The number of amides is 3. The Morgan fingerprint density at radius 2 is 1.77 bits per heavy atom. The number of hydrogen-bond donors (Lipinski definition) is 2. The fourth-order valence-electron chi connectivity index (χ4n) is 4.31. The predicted molar refractivity (Wildman–Crippen MR) is 123 cm³/mol. The Kier molecular flexibility index (Phi) is 7.94. The average molecular weight is 431 g/mol. The highest BCUT2D eigenvalue weighted by Gasteiger charge is 2.30. The van der Waals surface area contributed by atoms with Gasteiger partial charge in [-0.25, -0.2) is 4.79 Å². The van der Waals surface area contributed by atoms with Crippen LogP contribution in [0.2, 0.25) is 0 Å². The van der Waals surface area contributed by atoms with Gasteiger partial charge in [-0.05, 0) is 42.7 Å². The molecule has 172 valence electrons. The SMILES string of the molecule is CC(C)(C)CC(=O)N(Cc1ccccc1NC(=O)N1CCOCC1)C1CCC(N)CC1. The van der Waals surface area contributed by atoms with E-state index >= 15 is 0 Å². The molecule has 2 fully saturated rings. The molecule has 1 aliphatic carbocycles. The highest BCUT2D eigenvalue weighted by atomic mass is 16.5. The molecule has 3 rings (SSSR count). The van der Waals surface area contributed by atoms with Gasteiger partial charge >= 0.3 is 6.03 Å². The Hall–Kier alpha value is -2.12. The van der Waals surface area contributed by atoms with Crippen LogP contribution in [0.4, 0.5) is 10.5 Å². The molecule has 7 nitrogen and oxygen atoms in total. The molecular weight excluding hydrogens is 392 g/mol. The first-order valence-electron chi connectivity index (χ1n) is 11.5. The summed E-state index contributed by atoms with van der Waals surface area (Å²) in [6, 6.07) is 8.10. The number of hydrogen-bond acceptors (Lipinski definition) is 4. The standard InChI is InChI=1S/C24H38N4O3/c1-24(2,3)16-22(29)28(20-10-8-19(25)9-11-20)17-18-6-4-5-7-21(18)26-23(30)27-12-14-31-15-13-27/h4-7,19-20H,8-17,25H2,1-3H3,(H,26,30). The van der Waals surface area contributed by atoms with Crippen LogP contribution in [0, 0.1) is 5.41 Å². The van der Waals surface area contributed by atoms with E-state index in [0.29, 0.717) is 39.3 Å². The number of carbonyl (C=O) groups is 2. The second-order valence-electron chi connectivity index (χ2n) is 10.0. The lowest BCUT2D eigenvalue weighted by molar-refractivity contribution is -0.137. The summed E-state index contributed by atoms with van der Waals surface area (Å²) in [5.74, 6) is 0.169. The van der Waals surface area contributed by atoms with Crippen molar-refractivity contribution < 1.29 is 14.3 Å². The summed E-state index contributed by atoms with van der Waals surface area (Å²) in [6.45, 7) is 9.08. The highest BCUT2D eigenvalue weighted by molar-refractivity contribution is 5.90. The lowest BCUT2D eigenvalue weighted by Gasteiger charge is -2.38. The maximum atomic E-state index is 13.3. The van der Waals surface area contributed by atoms with Crippen molar-refractivity contribution in [3.8, 4) is 0 Å². The zero-order chi connectivity index (χ0) is 22.4. The number of nitrogens with zero attached hydrogens (tertiary/aromatic N) is 2. The van der Waals surface area contributed by atoms with Crippen LogP contribution in [0.5, 0.6) is 0 Å². The van der Waals surface area contributed by atoms with Crippen molar-refractivity contribution in [3.63, 3.8) is 0 Å². The summed E-state index contributed by atoms with van der Waals surface area (Å²) in [4.78, 5) is 29.8. The number of anilines is 1. The van der Waals surface area contributed by atoms with Gasteiger partial charge < -0.3 is 25.6 Å². The molecule has 1 heterocycles. The van der Waals surface area contributed by atoms with E-state index in [1.54, 1.807) is 4.90 Å². The van der Waals surface area contributed by atoms with Crippen molar-refractivity contribution >= 4 is 17.6 Å². The molecule has 2 aliphatic rings. The lowest BCUT2D eigenvalue weighted by Crippen LogP contribution is -2.45. The summed E-state index contributed by atoms with van der Waals surface area (Å²) in [5.41, 5.74) is 7.76. The van der Waals surface area contributed by atoms with Gasteiger partial charge in [-0.1, -0.05) is 39.0 Å². The quantitative estimate of drug-likeness (QED) is 0.747. The molecule has 31 heavy (non-hydrogen) atoms. The van der Waals surface area contributed by atoms with E-state index in [4.69, 9.17) is 10.5 Å². The molecule has 7 heteroatoms. The molecular formula is C24H38N4O3. The molecule has 1 saturated heterocycles. The Labute approximate surface area is 186 Å². The van der Waals surface area contributed by atoms with Gasteiger partial charge in [0, 0.05) is 43.8 Å². The maximum Gasteiger partial charge on any atom is 0.322 e. The zero-order valence-corrected chi connectivity index (χ0v) is 19.2. The Morgan fingerprint density at radius 1 is 1.13 bits per heavy atom. The van der Waals surface area contributed by atoms with Gasteiger partial charge in [-0.2, -0.15) is 0 Å². The first kappa shape index (κ1) is 23.5. The summed E-state index contributed by atoms with van der Waals surface area (Å²) in [7, 11) is 0. The van der Waals surface area contributed by atoms with Crippen LogP contribution in [0.25, 0.3) is 0 Å². The molecule has 0 radical (unpaired) electrons. The molecule has 3 N–H and O–H groups in total. The average Bonchev–Trinajstić information content (AvgIpc) is 2.73. The van der Waals surface area contributed by atoms with Crippen LogP contribution in [0.1, 0.15) is 58.4 Å². The molecule has 1 aromatic carbocycles. The third kappa shape index (κ3) is 6.94. The van der Waals surface area contributed by atoms with E-state index in [0.717, 1.165) is 36.9 Å². The molecule has 0 bridgehead atoms. The predicted octanol–water partition coefficient (Wildman–Crippen LogP) is 3.59. The van der Waals surface area contributed by atoms with Gasteiger partial charge in [0.05, 0.1) is 13.2 Å². The van der Waals surface area contributed by atoms with Gasteiger partial charge in [0.2, 0.25) is 5.91 Å². The van der Waals surface area contributed by atoms with Crippen molar-refractivity contribution in [2.24, 2.45) is 11.1 Å².